The van der Waals surface area contributed by atoms with E-state index in [9.17, 15) is 14.5 Å². The van der Waals surface area contributed by atoms with Gasteiger partial charge in [-0.3, -0.25) is 10.1 Å². The molecule has 21 heavy (non-hydrogen) atoms. The van der Waals surface area contributed by atoms with E-state index in [1.165, 1.54) is 12.1 Å². The van der Waals surface area contributed by atoms with E-state index < -0.39 is 4.92 Å². The number of nitro groups is 1. The van der Waals surface area contributed by atoms with E-state index in [-0.39, 0.29) is 24.1 Å². The summed E-state index contributed by atoms with van der Waals surface area (Å²) in [5.41, 5.74) is 1.14. The zero-order valence-electron chi connectivity index (χ0n) is 11.3. The predicted octanol–water partition coefficient (Wildman–Crippen LogP) is 4.35. The van der Waals surface area contributed by atoms with Crippen molar-refractivity contribution in [1.82, 2.24) is 5.32 Å². The SMILES string of the molecule is CC(NCc1cc(Br)ccc1[N+](=O)[O-])c1ccccc1F. The van der Waals surface area contributed by atoms with Crippen molar-refractivity contribution in [3.05, 3.63) is 74.0 Å². The van der Waals surface area contributed by atoms with E-state index >= 15 is 0 Å². The normalized spacial score (nSPS) is 12.1. The molecule has 0 fully saturated rings. The summed E-state index contributed by atoms with van der Waals surface area (Å²) in [5, 5.41) is 14.1. The maximum absolute atomic E-state index is 13.7. The molecule has 6 heteroatoms. The maximum atomic E-state index is 13.7. The summed E-state index contributed by atoms with van der Waals surface area (Å²) in [7, 11) is 0. The average Bonchev–Trinajstić information content (AvgIpc) is 2.45. The molecule has 2 aromatic carbocycles. The lowest BCUT2D eigenvalue weighted by Crippen LogP contribution is -2.19. The molecule has 0 aliphatic heterocycles. The topological polar surface area (TPSA) is 55.2 Å². The Hall–Kier alpha value is -1.79. The lowest BCUT2D eigenvalue weighted by atomic mass is 10.1. The van der Waals surface area contributed by atoms with Gasteiger partial charge in [0.2, 0.25) is 0 Å². The molecular formula is C15H14BrFN2O2. The number of nitro benzene ring substituents is 1. The third-order valence-electron chi connectivity index (χ3n) is 3.21. The Labute approximate surface area is 130 Å². The van der Waals surface area contributed by atoms with Crippen LogP contribution in [-0.2, 0) is 6.54 Å². The third kappa shape index (κ3) is 3.86. The molecule has 1 unspecified atom stereocenters. The van der Waals surface area contributed by atoms with Crippen LogP contribution in [0.4, 0.5) is 10.1 Å². The zero-order valence-corrected chi connectivity index (χ0v) is 12.9. The van der Waals surface area contributed by atoms with Gasteiger partial charge < -0.3 is 5.32 Å². The highest BCUT2D eigenvalue weighted by Crippen LogP contribution is 2.24. The summed E-state index contributed by atoms with van der Waals surface area (Å²) in [5.74, 6) is -0.291. The largest absolute Gasteiger partial charge is 0.306 e. The zero-order chi connectivity index (χ0) is 15.4. The fraction of sp³-hybridized carbons (Fsp3) is 0.200. The van der Waals surface area contributed by atoms with Crippen LogP contribution in [0.3, 0.4) is 0 Å². The molecule has 0 aliphatic carbocycles. The average molecular weight is 353 g/mol. The number of hydrogen-bond acceptors (Lipinski definition) is 3. The van der Waals surface area contributed by atoms with Crippen molar-refractivity contribution in [2.45, 2.75) is 19.5 Å². The van der Waals surface area contributed by atoms with Crippen molar-refractivity contribution in [1.29, 1.82) is 0 Å². The van der Waals surface area contributed by atoms with E-state index in [0.29, 0.717) is 11.1 Å². The van der Waals surface area contributed by atoms with Crippen LogP contribution in [0.15, 0.2) is 46.9 Å². The van der Waals surface area contributed by atoms with E-state index in [4.69, 9.17) is 0 Å². The van der Waals surface area contributed by atoms with Crippen LogP contribution in [-0.4, -0.2) is 4.92 Å². The molecule has 0 saturated carbocycles. The molecule has 0 spiro atoms. The van der Waals surface area contributed by atoms with Crippen molar-refractivity contribution in [2.75, 3.05) is 0 Å². The summed E-state index contributed by atoms with van der Waals surface area (Å²) in [6.45, 7) is 2.10. The summed E-state index contributed by atoms with van der Waals surface area (Å²) in [6.07, 6.45) is 0. The number of halogens is 2. The minimum atomic E-state index is -0.419. The van der Waals surface area contributed by atoms with Gasteiger partial charge in [0, 0.05) is 34.3 Å². The number of nitrogens with one attached hydrogen (secondary N) is 1. The van der Waals surface area contributed by atoms with Crippen molar-refractivity contribution in [3.8, 4) is 0 Å². The third-order valence-corrected chi connectivity index (χ3v) is 3.70. The number of benzene rings is 2. The van der Waals surface area contributed by atoms with Gasteiger partial charge in [-0.05, 0) is 25.1 Å². The molecule has 0 aromatic heterocycles. The minimum Gasteiger partial charge on any atom is -0.306 e. The number of rotatable bonds is 5. The fourth-order valence-corrected chi connectivity index (χ4v) is 2.48. The second kappa shape index (κ2) is 6.78. The van der Waals surface area contributed by atoms with Gasteiger partial charge in [0.15, 0.2) is 0 Å². The van der Waals surface area contributed by atoms with Gasteiger partial charge in [0.1, 0.15) is 5.82 Å². The molecule has 0 heterocycles. The van der Waals surface area contributed by atoms with Crippen LogP contribution in [0.25, 0.3) is 0 Å². The minimum absolute atomic E-state index is 0.0476. The first-order valence-corrected chi connectivity index (χ1v) is 7.19. The highest BCUT2D eigenvalue weighted by Gasteiger charge is 2.15. The second-order valence-electron chi connectivity index (χ2n) is 4.65. The highest BCUT2D eigenvalue weighted by atomic mass is 79.9. The van der Waals surface area contributed by atoms with Gasteiger partial charge in [-0.15, -0.1) is 0 Å². The molecule has 2 rings (SSSR count). The monoisotopic (exact) mass is 352 g/mol. The van der Waals surface area contributed by atoms with Gasteiger partial charge in [-0.2, -0.15) is 0 Å². The molecule has 110 valence electrons. The van der Waals surface area contributed by atoms with Gasteiger partial charge in [0.25, 0.3) is 5.69 Å². The highest BCUT2D eigenvalue weighted by molar-refractivity contribution is 9.10. The molecule has 0 aliphatic rings. The summed E-state index contributed by atoms with van der Waals surface area (Å²) >= 11 is 3.30. The number of hydrogen-bond donors (Lipinski definition) is 1. The van der Waals surface area contributed by atoms with Gasteiger partial charge in [0.05, 0.1) is 4.92 Å². The summed E-state index contributed by atoms with van der Waals surface area (Å²) in [6, 6.07) is 11.0. The van der Waals surface area contributed by atoms with Crippen molar-refractivity contribution in [2.24, 2.45) is 0 Å². The Morgan fingerprint density at radius 1 is 1.33 bits per heavy atom. The standard InChI is InChI=1S/C15H14BrFN2O2/c1-10(13-4-2-3-5-14(13)17)18-9-11-8-12(16)6-7-15(11)19(20)21/h2-8,10,18H,9H2,1H3. The lowest BCUT2D eigenvalue weighted by molar-refractivity contribution is -0.385. The molecule has 0 amide bonds. The van der Waals surface area contributed by atoms with Crippen LogP contribution >= 0.6 is 15.9 Å². The van der Waals surface area contributed by atoms with Crippen LogP contribution in [0, 0.1) is 15.9 Å². The van der Waals surface area contributed by atoms with Gasteiger partial charge in [-0.25, -0.2) is 4.39 Å². The molecular weight excluding hydrogens is 339 g/mol. The predicted molar refractivity (Wildman–Crippen MR) is 82.5 cm³/mol. The quantitative estimate of drug-likeness (QED) is 0.642. The molecule has 0 radical (unpaired) electrons. The number of nitrogens with zero attached hydrogens (tertiary/aromatic N) is 1. The first-order chi connectivity index (χ1) is 9.99. The van der Waals surface area contributed by atoms with Crippen LogP contribution < -0.4 is 5.32 Å². The summed E-state index contributed by atoms with van der Waals surface area (Å²) in [4.78, 5) is 10.6. The molecule has 1 N–H and O–H groups in total. The Bertz CT molecular complexity index is 664. The summed E-state index contributed by atoms with van der Waals surface area (Å²) < 4.78 is 14.4. The second-order valence-corrected chi connectivity index (χ2v) is 5.57. The maximum Gasteiger partial charge on any atom is 0.273 e. The van der Waals surface area contributed by atoms with Crippen molar-refractivity contribution in [3.63, 3.8) is 0 Å². The van der Waals surface area contributed by atoms with E-state index in [2.05, 4.69) is 21.2 Å². The fourth-order valence-electron chi connectivity index (χ4n) is 2.07. The molecule has 2 aromatic rings. The van der Waals surface area contributed by atoms with E-state index in [1.54, 1.807) is 30.3 Å². The first-order valence-electron chi connectivity index (χ1n) is 6.39. The molecule has 1 atom stereocenters. The van der Waals surface area contributed by atoms with E-state index in [0.717, 1.165) is 4.47 Å². The van der Waals surface area contributed by atoms with Crippen LogP contribution in [0.1, 0.15) is 24.1 Å². The smallest absolute Gasteiger partial charge is 0.273 e. The van der Waals surface area contributed by atoms with Crippen LogP contribution in [0.2, 0.25) is 0 Å². The Morgan fingerprint density at radius 3 is 2.71 bits per heavy atom. The van der Waals surface area contributed by atoms with Crippen LogP contribution in [0.5, 0.6) is 0 Å². The first kappa shape index (κ1) is 15.6. The molecule has 0 saturated heterocycles. The molecule has 0 bridgehead atoms. The van der Waals surface area contributed by atoms with Crippen molar-refractivity contribution < 1.29 is 9.31 Å². The van der Waals surface area contributed by atoms with Crippen molar-refractivity contribution >= 4 is 21.6 Å². The Kier molecular flexibility index (Phi) is 5.03. The Morgan fingerprint density at radius 2 is 2.05 bits per heavy atom. The Balaban J connectivity index is 2.15. The van der Waals surface area contributed by atoms with Gasteiger partial charge >= 0.3 is 0 Å². The van der Waals surface area contributed by atoms with E-state index in [1.807, 2.05) is 6.92 Å². The molecule has 4 nitrogen and oxygen atoms in total. The lowest BCUT2D eigenvalue weighted by Gasteiger charge is -2.15. The van der Waals surface area contributed by atoms with Gasteiger partial charge in [-0.1, -0.05) is 34.1 Å².